The second-order valence-electron chi connectivity index (χ2n) is 8.61. The molecule has 1 aliphatic rings. The van der Waals surface area contributed by atoms with E-state index in [-0.39, 0.29) is 17.2 Å². The van der Waals surface area contributed by atoms with Gasteiger partial charge >= 0.3 is 0 Å². The Bertz CT molecular complexity index is 1420. The van der Waals surface area contributed by atoms with Crippen LogP contribution in [0.5, 0.6) is 5.75 Å². The first kappa shape index (κ1) is 23.9. The third-order valence-electron chi connectivity index (χ3n) is 6.43. The minimum absolute atomic E-state index is 0.0546. The van der Waals surface area contributed by atoms with Crippen molar-refractivity contribution < 1.29 is 9.53 Å². The van der Waals surface area contributed by atoms with Crippen LogP contribution in [0.2, 0.25) is 0 Å². The van der Waals surface area contributed by atoms with Gasteiger partial charge in [0.2, 0.25) is 5.91 Å². The molecule has 1 aliphatic heterocycles. The molecular weight excluding hydrogens is 472 g/mol. The lowest BCUT2D eigenvalue weighted by Crippen LogP contribution is -2.49. The van der Waals surface area contributed by atoms with Crippen molar-refractivity contribution in [2.75, 3.05) is 43.9 Å². The van der Waals surface area contributed by atoms with Crippen molar-refractivity contribution in [1.82, 2.24) is 14.5 Å². The zero-order valence-electron chi connectivity index (χ0n) is 20.2. The average Bonchev–Trinajstić information content (AvgIpc) is 2.94. The molecule has 1 aromatic heterocycles. The fourth-order valence-electron chi connectivity index (χ4n) is 4.47. The van der Waals surface area contributed by atoms with Gasteiger partial charge in [0.15, 0.2) is 5.16 Å². The Morgan fingerprint density at radius 2 is 1.61 bits per heavy atom. The molecular formula is C28H28N4O3S. The lowest BCUT2D eigenvalue weighted by atomic mass is 10.2. The number of amides is 1. The predicted octanol–water partition coefficient (Wildman–Crippen LogP) is 3.89. The number of fused-ring (bicyclic) bond motifs is 1. The van der Waals surface area contributed by atoms with E-state index in [2.05, 4.69) is 17.0 Å². The topological polar surface area (TPSA) is 67.7 Å². The molecule has 0 aliphatic carbocycles. The van der Waals surface area contributed by atoms with Crippen molar-refractivity contribution in [3.63, 3.8) is 0 Å². The number of thioether (sulfide) groups is 1. The highest BCUT2D eigenvalue weighted by Crippen LogP contribution is 2.23. The highest BCUT2D eigenvalue weighted by molar-refractivity contribution is 7.99. The van der Waals surface area contributed by atoms with Crippen LogP contribution in [0.1, 0.15) is 5.56 Å². The Morgan fingerprint density at radius 3 is 2.39 bits per heavy atom. The number of hydrogen-bond acceptors (Lipinski definition) is 6. The number of aromatic nitrogens is 2. The van der Waals surface area contributed by atoms with Gasteiger partial charge < -0.3 is 14.5 Å². The van der Waals surface area contributed by atoms with Gasteiger partial charge in [-0.15, -0.1) is 0 Å². The summed E-state index contributed by atoms with van der Waals surface area (Å²) in [6, 6.07) is 25.2. The Kier molecular flexibility index (Phi) is 7.23. The Morgan fingerprint density at radius 1 is 0.917 bits per heavy atom. The first-order chi connectivity index (χ1) is 17.6. The monoisotopic (exact) mass is 500 g/mol. The van der Waals surface area contributed by atoms with Crippen molar-refractivity contribution in [3.05, 3.63) is 94.8 Å². The number of carbonyl (C=O) groups is 1. The molecule has 5 rings (SSSR count). The van der Waals surface area contributed by atoms with Gasteiger partial charge in [-0.2, -0.15) is 0 Å². The van der Waals surface area contributed by atoms with Crippen LogP contribution < -0.4 is 15.2 Å². The first-order valence-corrected chi connectivity index (χ1v) is 12.9. The standard InChI is InChI=1S/C28H28N4O3S/c1-35-25-14-8-5-9-21(25)19-32-27(34)23-12-6-7-13-24(23)29-28(32)36-20-26(33)31-17-15-30(16-18-31)22-10-3-2-4-11-22/h2-14H,15-20H2,1H3. The molecule has 0 spiro atoms. The molecule has 1 amide bonds. The lowest BCUT2D eigenvalue weighted by Gasteiger charge is -2.36. The van der Waals surface area contributed by atoms with E-state index in [0.717, 1.165) is 18.7 Å². The molecule has 4 aromatic rings. The highest BCUT2D eigenvalue weighted by atomic mass is 32.2. The van der Waals surface area contributed by atoms with Crippen LogP contribution in [-0.2, 0) is 11.3 Å². The average molecular weight is 501 g/mol. The fraction of sp³-hybridized carbons (Fsp3) is 0.250. The Hall–Kier alpha value is -3.78. The summed E-state index contributed by atoms with van der Waals surface area (Å²) in [5.74, 6) is 0.988. The molecule has 1 fully saturated rings. The van der Waals surface area contributed by atoms with Crippen molar-refractivity contribution in [3.8, 4) is 5.75 Å². The number of anilines is 1. The third kappa shape index (κ3) is 5.09. The quantitative estimate of drug-likeness (QED) is 0.283. The SMILES string of the molecule is COc1ccccc1Cn1c(SCC(=O)N2CCN(c3ccccc3)CC2)nc2ccccc2c1=O. The van der Waals surface area contributed by atoms with E-state index in [9.17, 15) is 9.59 Å². The molecule has 0 saturated carbocycles. The molecule has 1 saturated heterocycles. The molecule has 0 N–H and O–H groups in total. The zero-order chi connectivity index (χ0) is 24.9. The van der Waals surface area contributed by atoms with Crippen LogP contribution in [0.4, 0.5) is 5.69 Å². The second kappa shape index (κ2) is 10.9. The third-order valence-corrected chi connectivity index (χ3v) is 7.39. The molecule has 0 radical (unpaired) electrons. The summed E-state index contributed by atoms with van der Waals surface area (Å²) < 4.78 is 7.14. The molecule has 2 heterocycles. The molecule has 3 aromatic carbocycles. The number of benzene rings is 3. The predicted molar refractivity (Wildman–Crippen MR) is 144 cm³/mol. The van der Waals surface area contributed by atoms with E-state index >= 15 is 0 Å². The summed E-state index contributed by atoms with van der Waals surface area (Å²) in [4.78, 5) is 35.5. The zero-order valence-corrected chi connectivity index (χ0v) is 21.0. The van der Waals surface area contributed by atoms with Crippen molar-refractivity contribution in [2.45, 2.75) is 11.7 Å². The molecule has 36 heavy (non-hydrogen) atoms. The van der Waals surface area contributed by atoms with Gasteiger partial charge in [0.25, 0.3) is 5.56 Å². The van der Waals surface area contributed by atoms with Gasteiger partial charge in [0, 0.05) is 37.4 Å². The maximum Gasteiger partial charge on any atom is 0.262 e. The summed E-state index contributed by atoms with van der Waals surface area (Å²) in [6.45, 7) is 3.26. The smallest absolute Gasteiger partial charge is 0.262 e. The fourth-order valence-corrected chi connectivity index (χ4v) is 5.37. The van der Waals surface area contributed by atoms with Gasteiger partial charge in [-0.05, 0) is 30.3 Å². The van der Waals surface area contributed by atoms with Crippen molar-refractivity contribution >= 4 is 34.3 Å². The van der Waals surface area contributed by atoms with Crippen LogP contribution >= 0.6 is 11.8 Å². The van der Waals surface area contributed by atoms with Crippen molar-refractivity contribution in [1.29, 1.82) is 0 Å². The van der Waals surface area contributed by atoms with E-state index in [0.29, 0.717) is 41.4 Å². The number of rotatable bonds is 7. The number of nitrogens with zero attached hydrogens (tertiary/aromatic N) is 4. The van der Waals surface area contributed by atoms with Gasteiger partial charge in [-0.3, -0.25) is 14.2 Å². The maximum absolute atomic E-state index is 13.4. The molecule has 8 heteroatoms. The molecule has 0 bridgehead atoms. The highest BCUT2D eigenvalue weighted by Gasteiger charge is 2.22. The lowest BCUT2D eigenvalue weighted by molar-refractivity contribution is -0.128. The van der Waals surface area contributed by atoms with Gasteiger partial charge in [-0.25, -0.2) is 4.98 Å². The van der Waals surface area contributed by atoms with Gasteiger partial charge in [0.05, 0.1) is 30.3 Å². The van der Waals surface area contributed by atoms with E-state index in [4.69, 9.17) is 9.72 Å². The molecule has 184 valence electrons. The molecule has 7 nitrogen and oxygen atoms in total. The molecule has 0 atom stereocenters. The van der Waals surface area contributed by atoms with E-state index < -0.39 is 0 Å². The van der Waals surface area contributed by atoms with Crippen LogP contribution in [0.25, 0.3) is 10.9 Å². The van der Waals surface area contributed by atoms with Crippen LogP contribution in [-0.4, -0.2) is 59.4 Å². The first-order valence-electron chi connectivity index (χ1n) is 12.0. The largest absolute Gasteiger partial charge is 0.496 e. The summed E-state index contributed by atoms with van der Waals surface area (Å²) in [5.41, 5.74) is 2.56. The number of carbonyl (C=O) groups excluding carboxylic acids is 1. The van der Waals surface area contributed by atoms with Crippen molar-refractivity contribution in [2.24, 2.45) is 0 Å². The molecule has 0 unspecified atom stereocenters. The van der Waals surface area contributed by atoms with E-state index in [1.54, 1.807) is 17.7 Å². The van der Waals surface area contributed by atoms with E-state index in [1.807, 2.05) is 65.6 Å². The Balaban J connectivity index is 1.34. The van der Waals surface area contributed by atoms with Gasteiger partial charge in [0.1, 0.15) is 5.75 Å². The second-order valence-corrected chi connectivity index (χ2v) is 9.55. The van der Waals surface area contributed by atoms with Gasteiger partial charge in [-0.1, -0.05) is 60.3 Å². The number of piperazine rings is 1. The normalized spacial score (nSPS) is 13.7. The van der Waals surface area contributed by atoms with Crippen LogP contribution in [0.3, 0.4) is 0 Å². The number of hydrogen-bond donors (Lipinski definition) is 0. The minimum Gasteiger partial charge on any atom is -0.496 e. The summed E-state index contributed by atoms with van der Waals surface area (Å²) >= 11 is 1.31. The number of ether oxygens (including phenoxy) is 1. The summed E-state index contributed by atoms with van der Waals surface area (Å²) in [5, 5.41) is 1.08. The minimum atomic E-state index is -0.127. The van der Waals surface area contributed by atoms with Crippen LogP contribution in [0, 0.1) is 0 Å². The summed E-state index contributed by atoms with van der Waals surface area (Å²) in [6.07, 6.45) is 0. The Labute approximate surface area is 214 Å². The van der Waals surface area contributed by atoms with E-state index in [1.165, 1.54) is 17.4 Å². The van der Waals surface area contributed by atoms with Crippen LogP contribution in [0.15, 0.2) is 88.8 Å². The number of methoxy groups -OCH3 is 1. The maximum atomic E-state index is 13.4. The number of para-hydroxylation sites is 3. The summed E-state index contributed by atoms with van der Waals surface area (Å²) in [7, 11) is 1.62.